The summed E-state index contributed by atoms with van der Waals surface area (Å²) in [5.74, 6) is -0.510. The molecule has 1 heterocycles. The van der Waals surface area contributed by atoms with Crippen LogP contribution in [0.4, 0.5) is 18.9 Å². The van der Waals surface area contributed by atoms with Crippen LogP contribution in [0.5, 0.6) is 5.75 Å². The van der Waals surface area contributed by atoms with Crippen LogP contribution in [0.1, 0.15) is 0 Å². The molecule has 0 unspecified atom stereocenters. The second-order valence-electron chi connectivity index (χ2n) is 4.65. The zero-order valence-corrected chi connectivity index (χ0v) is 11.2. The van der Waals surface area contributed by atoms with Crippen LogP contribution < -0.4 is 15.4 Å². The Bertz CT molecular complexity index is 471. The lowest BCUT2D eigenvalue weighted by molar-refractivity contribution is -0.274. The Morgan fingerprint density at radius 3 is 2.43 bits per heavy atom. The molecule has 1 amide bonds. The summed E-state index contributed by atoms with van der Waals surface area (Å²) in [4.78, 5) is 13.8. The van der Waals surface area contributed by atoms with Gasteiger partial charge in [0.1, 0.15) is 5.75 Å². The third-order valence-electron chi connectivity index (χ3n) is 2.95. The number of anilines is 1. The van der Waals surface area contributed by atoms with Crippen molar-refractivity contribution < 1.29 is 22.7 Å². The van der Waals surface area contributed by atoms with Gasteiger partial charge in [-0.05, 0) is 24.3 Å². The largest absolute Gasteiger partial charge is 0.573 e. The van der Waals surface area contributed by atoms with Crippen molar-refractivity contribution in [3.8, 4) is 5.75 Å². The Kier molecular flexibility index (Phi) is 5.03. The molecule has 0 saturated carbocycles. The van der Waals surface area contributed by atoms with E-state index in [-0.39, 0.29) is 18.2 Å². The van der Waals surface area contributed by atoms with Gasteiger partial charge >= 0.3 is 6.36 Å². The number of piperazine rings is 1. The molecule has 0 bridgehead atoms. The Hall–Kier alpha value is -1.80. The molecule has 1 aromatic rings. The standard InChI is InChI=1S/C13H16F3N3O2/c14-13(15,16)21-11-3-1-10(2-4-11)18-12(20)9-19-7-5-17-6-8-19/h1-4,17H,5-9H2,(H,18,20). The molecular weight excluding hydrogens is 287 g/mol. The predicted molar refractivity (Wildman–Crippen MR) is 71.1 cm³/mol. The molecule has 116 valence electrons. The zero-order chi connectivity index (χ0) is 15.3. The number of hydrogen-bond donors (Lipinski definition) is 2. The van der Waals surface area contributed by atoms with Crippen LogP contribution in [-0.4, -0.2) is 49.9 Å². The molecule has 0 radical (unpaired) electrons. The number of hydrogen-bond acceptors (Lipinski definition) is 4. The maximum Gasteiger partial charge on any atom is 0.573 e. The van der Waals surface area contributed by atoms with E-state index in [9.17, 15) is 18.0 Å². The summed E-state index contributed by atoms with van der Waals surface area (Å²) >= 11 is 0. The number of nitrogens with one attached hydrogen (secondary N) is 2. The number of halogens is 3. The Labute approximate surface area is 120 Å². The number of nitrogens with zero attached hydrogens (tertiary/aromatic N) is 1. The molecule has 0 aromatic heterocycles. The number of amides is 1. The molecule has 0 spiro atoms. The van der Waals surface area contributed by atoms with Crippen molar-refractivity contribution in [3.63, 3.8) is 0 Å². The SMILES string of the molecule is O=C(CN1CCNCC1)Nc1ccc(OC(F)(F)F)cc1. The topological polar surface area (TPSA) is 53.6 Å². The van der Waals surface area contributed by atoms with Crippen LogP contribution in [0.3, 0.4) is 0 Å². The van der Waals surface area contributed by atoms with E-state index in [4.69, 9.17) is 0 Å². The van der Waals surface area contributed by atoms with Gasteiger partial charge in [0.25, 0.3) is 0 Å². The van der Waals surface area contributed by atoms with Crippen molar-refractivity contribution in [2.24, 2.45) is 0 Å². The van der Waals surface area contributed by atoms with E-state index >= 15 is 0 Å². The van der Waals surface area contributed by atoms with Crippen molar-refractivity contribution in [2.45, 2.75) is 6.36 Å². The minimum Gasteiger partial charge on any atom is -0.406 e. The molecule has 1 fully saturated rings. The summed E-state index contributed by atoms with van der Waals surface area (Å²) < 4.78 is 39.8. The number of carbonyl (C=O) groups is 1. The second kappa shape index (κ2) is 6.77. The monoisotopic (exact) mass is 303 g/mol. The number of carbonyl (C=O) groups excluding carboxylic acids is 1. The quantitative estimate of drug-likeness (QED) is 0.883. The van der Waals surface area contributed by atoms with Crippen molar-refractivity contribution >= 4 is 11.6 Å². The van der Waals surface area contributed by atoms with Crippen LogP contribution >= 0.6 is 0 Å². The highest BCUT2D eigenvalue weighted by Gasteiger charge is 2.30. The van der Waals surface area contributed by atoms with Gasteiger partial charge in [-0.1, -0.05) is 0 Å². The Morgan fingerprint density at radius 2 is 1.86 bits per heavy atom. The minimum absolute atomic E-state index is 0.193. The maximum absolute atomic E-state index is 12.0. The van der Waals surface area contributed by atoms with Crippen molar-refractivity contribution in [2.75, 3.05) is 38.0 Å². The molecule has 1 saturated heterocycles. The summed E-state index contributed by atoms with van der Waals surface area (Å²) in [6.45, 7) is 3.55. The van der Waals surface area contributed by atoms with Crippen molar-refractivity contribution in [1.82, 2.24) is 10.2 Å². The molecular formula is C13H16F3N3O2. The fourth-order valence-electron chi connectivity index (χ4n) is 2.01. The summed E-state index contributed by atoms with van der Waals surface area (Å²) in [5.41, 5.74) is 0.435. The van der Waals surface area contributed by atoms with E-state index < -0.39 is 6.36 Å². The Morgan fingerprint density at radius 1 is 1.24 bits per heavy atom. The molecule has 8 heteroatoms. The van der Waals surface area contributed by atoms with Crippen molar-refractivity contribution in [1.29, 1.82) is 0 Å². The summed E-state index contributed by atoms with van der Waals surface area (Å²) in [6, 6.07) is 5.06. The number of benzene rings is 1. The molecule has 21 heavy (non-hydrogen) atoms. The molecule has 2 rings (SSSR count). The molecule has 1 aromatic carbocycles. The summed E-state index contributed by atoms with van der Waals surface area (Å²) in [7, 11) is 0. The van der Waals surface area contributed by atoms with Crippen LogP contribution in [-0.2, 0) is 4.79 Å². The summed E-state index contributed by atoms with van der Waals surface area (Å²) in [5, 5.41) is 5.82. The van der Waals surface area contributed by atoms with Crippen LogP contribution in [0, 0.1) is 0 Å². The average molecular weight is 303 g/mol. The summed E-state index contributed by atoms with van der Waals surface area (Å²) in [6.07, 6.45) is -4.72. The maximum atomic E-state index is 12.0. The molecule has 0 aliphatic carbocycles. The van der Waals surface area contributed by atoms with Gasteiger partial charge in [0.05, 0.1) is 6.54 Å². The first kappa shape index (κ1) is 15.6. The lowest BCUT2D eigenvalue weighted by atomic mass is 10.3. The molecule has 1 aliphatic heterocycles. The van der Waals surface area contributed by atoms with E-state index in [1.165, 1.54) is 12.1 Å². The first-order chi connectivity index (χ1) is 9.92. The van der Waals surface area contributed by atoms with Gasteiger partial charge < -0.3 is 15.4 Å². The van der Waals surface area contributed by atoms with Gasteiger partial charge in [-0.2, -0.15) is 0 Å². The van der Waals surface area contributed by atoms with Crippen LogP contribution in [0.15, 0.2) is 24.3 Å². The first-order valence-electron chi connectivity index (χ1n) is 6.51. The highest BCUT2D eigenvalue weighted by Crippen LogP contribution is 2.23. The van der Waals surface area contributed by atoms with E-state index in [0.717, 1.165) is 38.3 Å². The normalized spacial score (nSPS) is 16.5. The Balaban J connectivity index is 1.83. The predicted octanol–water partition coefficient (Wildman–Crippen LogP) is 1.43. The van der Waals surface area contributed by atoms with Gasteiger partial charge in [0.15, 0.2) is 0 Å². The number of alkyl halides is 3. The van der Waals surface area contributed by atoms with E-state index in [0.29, 0.717) is 5.69 Å². The molecule has 5 nitrogen and oxygen atoms in total. The fraction of sp³-hybridized carbons (Fsp3) is 0.462. The molecule has 1 aliphatic rings. The first-order valence-corrected chi connectivity index (χ1v) is 6.51. The van der Waals surface area contributed by atoms with E-state index in [1.807, 2.05) is 4.90 Å². The average Bonchev–Trinajstić information content (AvgIpc) is 2.40. The van der Waals surface area contributed by atoms with Gasteiger partial charge in [-0.25, -0.2) is 0 Å². The molecule has 0 atom stereocenters. The highest BCUT2D eigenvalue weighted by atomic mass is 19.4. The fourth-order valence-corrected chi connectivity index (χ4v) is 2.01. The zero-order valence-electron chi connectivity index (χ0n) is 11.2. The third-order valence-corrected chi connectivity index (χ3v) is 2.95. The molecule has 2 N–H and O–H groups in total. The number of ether oxygens (including phenoxy) is 1. The second-order valence-corrected chi connectivity index (χ2v) is 4.65. The lowest BCUT2D eigenvalue weighted by Gasteiger charge is -2.26. The smallest absolute Gasteiger partial charge is 0.406 e. The minimum atomic E-state index is -4.72. The van der Waals surface area contributed by atoms with E-state index in [1.54, 1.807) is 0 Å². The van der Waals surface area contributed by atoms with Crippen LogP contribution in [0.25, 0.3) is 0 Å². The van der Waals surface area contributed by atoms with Gasteiger partial charge in [-0.15, -0.1) is 13.2 Å². The van der Waals surface area contributed by atoms with Gasteiger partial charge in [0.2, 0.25) is 5.91 Å². The third kappa shape index (κ3) is 5.60. The highest BCUT2D eigenvalue weighted by molar-refractivity contribution is 5.92. The number of rotatable bonds is 4. The van der Waals surface area contributed by atoms with Gasteiger partial charge in [-0.3, -0.25) is 9.69 Å². The van der Waals surface area contributed by atoms with Crippen molar-refractivity contribution in [3.05, 3.63) is 24.3 Å². The van der Waals surface area contributed by atoms with E-state index in [2.05, 4.69) is 15.4 Å². The lowest BCUT2D eigenvalue weighted by Crippen LogP contribution is -2.46. The van der Waals surface area contributed by atoms with Gasteiger partial charge in [0, 0.05) is 31.9 Å². The van der Waals surface area contributed by atoms with Crippen LogP contribution in [0.2, 0.25) is 0 Å².